The van der Waals surface area contributed by atoms with Crippen molar-refractivity contribution >= 4 is 11.8 Å². The molecule has 6 nitrogen and oxygen atoms in total. The molecule has 3 heterocycles. The van der Waals surface area contributed by atoms with E-state index >= 15 is 0 Å². The Morgan fingerprint density at radius 1 is 1.19 bits per heavy atom. The molecule has 0 amide bonds. The van der Waals surface area contributed by atoms with Gasteiger partial charge >= 0.3 is 0 Å². The molecule has 1 saturated carbocycles. The highest BCUT2D eigenvalue weighted by Crippen LogP contribution is 2.55. The molecule has 1 unspecified atom stereocenters. The van der Waals surface area contributed by atoms with Gasteiger partial charge in [-0.1, -0.05) is 30.3 Å². The van der Waals surface area contributed by atoms with Crippen molar-refractivity contribution in [2.24, 2.45) is 5.41 Å². The number of ether oxygens (including phenoxy) is 1. The van der Waals surface area contributed by atoms with Gasteiger partial charge < -0.3 is 14.5 Å². The Kier molecular flexibility index (Phi) is 4.16. The normalized spacial score (nSPS) is 23.8. The molecular weight excluding hydrogens is 340 g/mol. The quantitative estimate of drug-likeness (QED) is 0.899. The second-order valence-corrected chi connectivity index (χ2v) is 8.20. The van der Waals surface area contributed by atoms with E-state index in [1.54, 1.807) is 6.07 Å². The van der Waals surface area contributed by atoms with Crippen LogP contribution in [0.1, 0.15) is 24.8 Å². The SMILES string of the molecule is O=c1cc(N2CCOCC2)nc(N2CC3(CC3)CC2Cc2ccccc2)[nH]1. The summed E-state index contributed by atoms with van der Waals surface area (Å²) in [6.45, 7) is 3.95. The van der Waals surface area contributed by atoms with Crippen molar-refractivity contribution in [1.29, 1.82) is 0 Å². The third-order valence-corrected chi connectivity index (χ3v) is 6.21. The maximum Gasteiger partial charge on any atom is 0.254 e. The average Bonchev–Trinajstić information content (AvgIpc) is 3.36. The molecule has 2 aliphatic heterocycles. The number of anilines is 2. The first-order chi connectivity index (χ1) is 13.2. The smallest absolute Gasteiger partial charge is 0.254 e. The Balaban J connectivity index is 1.44. The highest BCUT2D eigenvalue weighted by molar-refractivity contribution is 5.46. The van der Waals surface area contributed by atoms with Crippen LogP contribution in [0.2, 0.25) is 0 Å². The summed E-state index contributed by atoms with van der Waals surface area (Å²) in [5, 5.41) is 0. The topological polar surface area (TPSA) is 61.5 Å². The number of aromatic amines is 1. The van der Waals surface area contributed by atoms with Gasteiger partial charge in [-0.15, -0.1) is 0 Å². The molecule has 5 rings (SSSR count). The second kappa shape index (κ2) is 6.68. The first-order valence-electron chi connectivity index (χ1n) is 9.96. The number of aromatic nitrogens is 2. The molecule has 27 heavy (non-hydrogen) atoms. The van der Waals surface area contributed by atoms with E-state index < -0.39 is 0 Å². The van der Waals surface area contributed by atoms with Crippen LogP contribution in [0.3, 0.4) is 0 Å². The monoisotopic (exact) mass is 366 g/mol. The molecule has 2 aromatic rings. The number of nitrogens with one attached hydrogen (secondary N) is 1. The Hall–Kier alpha value is -2.34. The van der Waals surface area contributed by atoms with Gasteiger partial charge in [0.1, 0.15) is 5.82 Å². The number of hydrogen-bond acceptors (Lipinski definition) is 5. The minimum atomic E-state index is -0.0725. The van der Waals surface area contributed by atoms with E-state index in [9.17, 15) is 4.79 Å². The van der Waals surface area contributed by atoms with Gasteiger partial charge in [0.25, 0.3) is 5.56 Å². The van der Waals surface area contributed by atoms with Crippen LogP contribution in [0.15, 0.2) is 41.2 Å². The van der Waals surface area contributed by atoms with Crippen LogP contribution in [-0.2, 0) is 11.2 Å². The summed E-state index contributed by atoms with van der Waals surface area (Å²) in [5.74, 6) is 1.50. The number of hydrogen-bond donors (Lipinski definition) is 1. The third kappa shape index (κ3) is 3.46. The maximum absolute atomic E-state index is 12.4. The summed E-state index contributed by atoms with van der Waals surface area (Å²) in [4.78, 5) is 24.8. The number of benzene rings is 1. The first kappa shape index (κ1) is 16.8. The fraction of sp³-hybridized carbons (Fsp3) is 0.524. The van der Waals surface area contributed by atoms with Crippen LogP contribution in [0, 0.1) is 5.41 Å². The molecule has 6 heteroatoms. The molecule has 1 aromatic carbocycles. The molecule has 3 aliphatic rings. The van der Waals surface area contributed by atoms with Gasteiger partial charge in [0.2, 0.25) is 5.95 Å². The van der Waals surface area contributed by atoms with E-state index in [-0.39, 0.29) is 5.56 Å². The standard InChI is InChI=1S/C21H26N4O2/c26-19-13-18(24-8-10-27-11-9-24)22-20(23-19)25-15-21(6-7-21)14-17(25)12-16-4-2-1-3-5-16/h1-5,13,17H,6-12,14-15H2,(H,22,23,26). The average molecular weight is 366 g/mol. The zero-order valence-electron chi connectivity index (χ0n) is 15.6. The fourth-order valence-electron chi connectivity index (χ4n) is 4.54. The van der Waals surface area contributed by atoms with Crippen LogP contribution in [-0.4, -0.2) is 48.9 Å². The van der Waals surface area contributed by atoms with E-state index in [0.29, 0.717) is 24.7 Å². The first-order valence-corrected chi connectivity index (χ1v) is 9.96. The zero-order valence-corrected chi connectivity index (χ0v) is 15.6. The van der Waals surface area contributed by atoms with Crippen LogP contribution < -0.4 is 15.4 Å². The minimum Gasteiger partial charge on any atom is -0.378 e. The van der Waals surface area contributed by atoms with Gasteiger partial charge in [-0.3, -0.25) is 9.78 Å². The summed E-state index contributed by atoms with van der Waals surface area (Å²) < 4.78 is 5.43. The van der Waals surface area contributed by atoms with E-state index in [0.717, 1.165) is 37.8 Å². The van der Waals surface area contributed by atoms with Gasteiger partial charge in [-0.25, -0.2) is 0 Å². The van der Waals surface area contributed by atoms with Crippen molar-refractivity contribution in [3.05, 3.63) is 52.3 Å². The van der Waals surface area contributed by atoms with Crippen molar-refractivity contribution in [3.8, 4) is 0 Å². The second-order valence-electron chi connectivity index (χ2n) is 8.20. The molecule has 1 atom stereocenters. The van der Waals surface area contributed by atoms with Crippen LogP contribution in [0.5, 0.6) is 0 Å². The van der Waals surface area contributed by atoms with E-state index in [4.69, 9.17) is 9.72 Å². The van der Waals surface area contributed by atoms with Gasteiger partial charge in [0, 0.05) is 31.7 Å². The summed E-state index contributed by atoms with van der Waals surface area (Å²) in [6, 6.07) is 12.6. The molecular formula is C21H26N4O2. The lowest BCUT2D eigenvalue weighted by atomic mass is 9.98. The van der Waals surface area contributed by atoms with Crippen LogP contribution >= 0.6 is 0 Å². The van der Waals surface area contributed by atoms with Crippen molar-refractivity contribution in [2.45, 2.75) is 31.7 Å². The molecule has 1 aliphatic carbocycles. The lowest BCUT2D eigenvalue weighted by molar-refractivity contribution is 0.122. The van der Waals surface area contributed by atoms with Gasteiger partial charge in [-0.2, -0.15) is 4.98 Å². The molecule has 1 aromatic heterocycles. The summed E-state index contributed by atoms with van der Waals surface area (Å²) in [7, 11) is 0. The molecule has 2 saturated heterocycles. The van der Waals surface area contributed by atoms with E-state index in [1.807, 2.05) is 0 Å². The highest BCUT2D eigenvalue weighted by Gasteiger charge is 2.52. The van der Waals surface area contributed by atoms with Crippen molar-refractivity contribution < 1.29 is 4.74 Å². The molecule has 3 fully saturated rings. The Morgan fingerprint density at radius 2 is 1.96 bits per heavy atom. The predicted molar refractivity (Wildman–Crippen MR) is 105 cm³/mol. The number of H-pyrrole nitrogens is 1. The Morgan fingerprint density at radius 3 is 2.70 bits per heavy atom. The largest absolute Gasteiger partial charge is 0.378 e. The van der Waals surface area contributed by atoms with E-state index in [2.05, 4.69) is 45.1 Å². The molecule has 1 N–H and O–H groups in total. The fourth-order valence-corrected chi connectivity index (χ4v) is 4.54. The molecule has 0 bridgehead atoms. The Labute approximate surface area is 159 Å². The van der Waals surface area contributed by atoms with Crippen LogP contribution in [0.4, 0.5) is 11.8 Å². The van der Waals surface area contributed by atoms with Crippen molar-refractivity contribution in [3.63, 3.8) is 0 Å². The summed E-state index contributed by atoms with van der Waals surface area (Å²) >= 11 is 0. The lowest BCUT2D eigenvalue weighted by Crippen LogP contribution is -2.39. The lowest BCUT2D eigenvalue weighted by Gasteiger charge is -2.30. The zero-order chi connectivity index (χ0) is 18.3. The molecule has 1 spiro atoms. The Bertz CT molecular complexity index is 856. The van der Waals surface area contributed by atoms with E-state index in [1.165, 1.54) is 24.8 Å². The number of morpholine rings is 1. The van der Waals surface area contributed by atoms with Crippen LogP contribution in [0.25, 0.3) is 0 Å². The number of nitrogens with zero attached hydrogens (tertiary/aromatic N) is 3. The molecule has 142 valence electrons. The predicted octanol–water partition coefficient (Wildman–Crippen LogP) is 2.21. The van der Waals surface area contributed by atoms with Crippen molar-refractivity contribution in [2.75, 3.05) is 42.6 Å². The van der Waals surface area contributed by atoms with Gasteiger partial charge in [0.05, 0.1) is 13.2 Å². The summed E-state index contributed by atoms with van der Waals surface area (Å²) in [6.07, 6.45) is 4.77. The van der Waals surface area contributed by atoms with Gasteiger partial charge in [-0.05, 0) is 36.7 Å². The summed E-state index contributed by atoms with van der Waals surface area (Å²) in [5.41, 5.74) is 1.71. The number of rotatable bonds is 4. The minimum absolute atomic E-state index is 0.0725. The third-order valence-electron chi connectivity index (χ3n) is 6.21. The van der Waals surface area contributed by atoms with Crippen molar-refractivity contribution in [1.82, 2.24) is 9.97 Å². The highest BCUT2D eigenvalue weighted by atomic mass is 16.5. The maximum atomic E-state index is 12.4. The molecule has 0 radical (unpaired) electrons. The van der Waals surface area contributed by atoms with Gasteiger partial charge in [0.15, 0.2) is 0 Å².